The fraction of sp³-hybridized carbons (Fsp3) is 0.0435. The zero-order valence-corrected chi connectivity index (χ0v) is 14.3. The summed E-state index contributed by atoms with van der Waals surface area (Å²) in [6, 6.07) is 24.8. The Morgan fingerprint density at radius 2 is 1.68 bits per heavy atom. The first-order chi connectivity index (χ1) is 12.3. The largest absolute Gasteiger partial charge is 0.456 e. The summed E-state index contributed by atoms with van der Waals surface area (Å²) in [6.45, 7) is 0. The highest BCUT2D eigenvalue weighted by Crippen LogP contribution is 2.39. The van der Waals surface area contributed by atoms with Gasteiger partial charge in [0.05, 0.1) is 0 Å². The van der Waals surface area contributed by atoms with Crippen molar-refractivity contribution in [3.63, 3.8) is 0 Å². The number of furan rings is 1. The van der Waals surface area contributed by atoms with E-state index in [4.69, 9.17) is 16.0 Å². The van der Waals surface area contributed by atoms with Crippen molar-refractivity contribution < 1.29 is 4.42 Å². The molecule has 120 valence electrons. The van der Waals surface area contributed by atoms with E-state index in [1.165, 1.54) is 27.8 Å². The summed E-state index contributed by atoms with van der Waals surface area (Å²) in [5.74, 6) is 0.958. The molecule has 2 heteroatoms. The predicted molar refractivity (Wildman–Crippen MR) is 105 cm³/mol. The van der Waals surface area contributed by atoms with Gasteiger partial charge < -0.3 is 4.42 Å². The molecule has 5 rings (SSSR count). The Balaban J connectivity index is 1.56. The quantitative estimate of drug-likeness (QED) is 0.388. The molecule has 4 aromatic rings. The number of rotatable bonds is 2. The molecule has 0 fully saturated rings. The third kappa shape index (κ3) is 2.48. The smallest absolute Gasteiger partial charge is 0.134 e. The van der Waals surface area contributed by atoms with Gasteiger partial charge in [0.15, 0.2) is 0 Å². The van der Waals surface area contributed by atoms with Gasteiger partial charge in [-0.1, -0.05) is 60.1 Å². The van der Waals surface area contributed by atoms with Crippen molar-refractivity contribution in [3.8, 4) is 11.1 Å². The minimum absolute atomic E-state index is 0.761. The Labute approximate surface area is 151 Å². The van der Waals surface area contributed by atoms with Gasteiger partial charge in [0, 0.05) is 16.8 Å². The number of hydrogen-bond acceptors (Lipinski definition) is 1. The Bertz CT molecular complexity index is 1080. The molecule has 1 aromatic heterocycles. The molecule has 3 aromatic carbocycles. The molecule has 0 aliphatic heterocycles. The van der Waals surface area contributed by atoms with Crippen LogP contribution in [0.3, 0.4) is 0 Å². The van der Waals surface area contributed by atoms with E-state index in [0.717, 1.165) is 28.2 Å². The molecule has 0 amide bonds. The van der Waals surface area contributed by atoms with Crippen LogP contribution < -0.4 is 0 Å². The molecular formula is C23H15ClO. The van der Waals surface area contributed by atoms with E-state index in [1.54, 1.807) is 0 Å². The average molecular weight is 343 g/mol. The van der Waals surface area contributed by atoms with Crippen molar-refractivity contribution >= 4 is 34.2 Å². The lowest BCUT2D eigenvalue weighted by Gasteiger charge is -2.09. The van der Waals surface area contributed by atoms with Gasteiger partial charge in [0.1, 0.15) is 11.3 Å². The van der Waals surface area contributed by atoms with Gasteiger partial charge in [0.25, 0.3) is 0 Å². The maximum atomic E-state index is 6.06. The molecule has 0 spiro atoms. The average Bonchev–Trinajstić information content (AvgIpc) is 3.26. The number of halogens is 1. The highest BCUT2D eigenvalue weighted by atomic mass is 35.5. The maximum Gasteiger partial charge on any atom is 0.134 e. The minimum atomic E-state index is 0.761. The Morgan fingerprint density at radius 1 is 0.840 bits per heavy atom. The normalized spacial score (nSPS) is 13.1. The predicted octanol–water partition coefficient (Wildman–Crippen LogP) is 6.85. The van der Waals surface area contributed by atoms with E-state index in [-0.39, 0.29) is 0 Å². The van der Waals surface area contributed by atoms with Gasteiger partial charge in [-0.05, 0) is 58.2 Å². The Morgan fingerprint density at radius 3 is 2.52 bits per heavy atom. The SMILES string of the molecule is Clc1ccc(-c2cccc3c2CC(c2cc4ccccc4o2)=C3)cc1. The van der Waals surface area contributed by atoms with Gasteiger partial charge in [0.2, 0.25) is 0 Å². The highest BCUT2D eigenvalue weighted by molar-refractivity contribution is 6.30. The summed E-state index contributed by atoms with van der Waals surface area (Å²) in [7, 11) is 0. The van der Waals surface area contributed by atoms with E-state index in [1.807, 2.05) is 30.3 Å². The fourth-order valence-corrected chi connectivity index (χ4v) is 3.69. The molecule has 0 unspecified atom stereocenters. The first-order valence-electron chi connectivity index (χ1n) is 8.35. The van der Waals surface area contributed by atoms with Crippen molar-refractivity contribution in [1.29, 1.82) is 0 Å². The Kier molecular flexibility index (Phi) is 3.29. The van der Waals surface area contributed by atoms with Crippen LogP contribution in [0.25, 0.3) is 33.7 Å². The van der Waals surface area contributed by atoms with E-state index in [2.05, 4.69) is 48.5 Å². The van der Waals surface area contributed by atoms with Crippen LogP contribution in [0.5, 0.6) is 0 Å². The van der Waals surface area contributed by atoms with Gasteiger partial charge in [-0.3, -0.25) is 0 Å². The summed E-state index contributed by atoms with van der Waals surface area (Å²) < 4.78 is 6.06. The molecule has 0 radical (unpaired) electrons. The van der Waals surface area contributed by atoms with E-state index in [0.29, 0.717) is 0 Å². The topological polar surface area (TPSA) is 13.1 Å². The fourth-order valence-electron chi connectivity index (χ4n) is 3.56. The van der Waals surface area contributed by atoms with Crippen molar-refractivity contribution in [2.24, 2.45) is 0 Å². The molecule has 0 atom stereocenters. The van der Waals surface area contributed by atoms with Crippen LogP contribution in [-0.2, 0) is 6.42 Å². The molecular weight excluding hydrogens is 328 g/mol. The standard InChI is InChI=1S/C23H15ClO/c24-19-10-8-15(9-11-19)20-6-3-5-16-12-18(13-21(16)20)23-14-17-4-1-2-7-22(17)25-23/h1-12,14H,13H2. The first kappa shape index (κ1) is 14.6. The van der Waals surface area contributed by atoms with Crippen LogP contribution in [0.2, 0.25) is 5.02 Å². The molecule has 1 heterocycles. The maximum absolute atomic E-state index is 6.06. The number of benzene rings is 3. The molecule has 0 saturated heterocycles. The summed E-state index contributed by atoms with van der Waals surface area (Å²) in [5, 5.41) is 1.91. The van der Waals surface area contributed by atoms with E-state index in [9.17, 15) is 0 Å². The molecule has 25 heavy (non-hydrogen) atoms. The van der Waals surface area contributed by atoms with Crippen molar-refractivity contribution in [2.45, 2.75) is 6.42 Å². The Hall–Kier alpha value is -2.77. The zero-order valence-electron chi connectivity index (χ0n) is 13.5. The second kappa shape index (κ2) is 5.65. The van der Waals surface area contributed by atoms with Gasteiger partial charge in [-0.15, -0.1) is 0 Å². The van der Waals surface area contributed by atoms with Gasteiger partial charge >= 0.3 is 0 Å². The van der Waals surface area contributed by atoms with Crippen LogP contribution in [0.1, 0.15) is 16.9 Å². The number of fused-ring (bicyclic) bond motifs is 2. The van der Waals surface area contributed by atoms with Crippen molar-refractivity contribution in [3.05, 3.63) is 94.7 Å². The number of para-hydroxylation sites is 1. The lowest BCUT2D eigenvalue weighted by molar-refractivity contribution is 0.598. The summed E-state index contributed by atoms with van der Waals surface area (Å²) in [4.78, 5) is 0. The lowest BCUT2D eigenvalue weighted by Crippen LogP contribution is -1.90. The molecule has 0 saturated carbocycles. The van der Waals surface area contributed by atoms with Gasteiger partial charge in [-0.25, -0.2) is 0 Å². The lowest BCUT2D eigenvalue weighted by atomic mass is 9.96. The second-order valence-corrected chi connectivity index (χ2v) is 6.81. The minimum Gasteiger partial charge on any atom is -0.456 e. The third-order valence-electron chi connectivity index (χ3n) is 4.81. The van der Waals surface area contributed by atoms with Crippen LogP contribution >= 0.6 is 11.6 Å². The van der Waals surface area contributed by atoms with Crippen molar-refractivity contribution in [1.82, 2.24) is 0 Å². The van der Waals surface area contributed by atoms with E-state index >= 15 is 0 Å². The number of allylic oxidation sites excluding steroid dienone is 1. The van der Waals surface area contributed by atoms with E-state index < -0.39 is 0 Å². The zero-order chi connectivity index (χ0) is 16.8. The third-order valence-corrected chi connectivity index (χ3v) is 5.06. The molecule has 1 aliphatic carbocycles. The molecule has 1 aliphatic rings. The monoisotopic (exact) mass is 342 g/mol. The molecule has 0 N–H and O–H groups in total. The molecule has 0 bridgehead atoms. The van der Waals surface area contributed by atoms with Crippen molar-refractivity contribution in [2.75, 3.05) is 0 Å². The summed E-state index contributed by atoms with van der Waals surface area (Å²) in [6.07, 6.45) is 3.13. The molecule has 1 nitrogen and oxygen atoms in total. The number of hydrogen-bond donors (Lipinski definition) is 0. The first-order valence-corrected chi connectivity index (χ1v) is 8.73. The summed E-state index contributed by atoms with van der Waals surface area (Å²) >= 11 is 6.04. The van der Waals surface area contributed by atoms with Crippen LogP contribution in [-0.4, -0.2) is 0 Å². The highest BCUT2D eigenvalue weighted by Gasteiger charge is 2.20. The van der Waals surface area contributed by atoms with Crippen LogP contribution in [0.4, 0.5) is 0 Å². The second-order valence-electron chi connectivity index (χ2n) is 6.38. The van der Waals surface area contributed by atoms with Crippen LogP contribution in [0.15, 0.2) is 77.2 Å². The summed E-state index contributed by atoms with van der Waals surface area (Å²) in [5.41, 5.74) is 7.24. The van der Waals surface area contributed by atoms with Gasteiger partial charge in [-0.2, -0.15) is 0 Å². The van der Waals surface area contributed by atoms with Crippen LogP contribution in [0, 0.1) is 0 Å².